The number of carbonyl (C=O) groups is 4. The molecule has 9 nitrogen and oxygen atoms in total. The third kappa shape index (κ3) is 4.40. The summed E-state index contributed by atoms with van der Waals surface area (Å²) in [5.74, 6) is -1.37. The highest BCUT2D eigenvalue weighted by Gasteiger charge is 2.40. The van der Waals surface area contributed by atoms with Gasteiger partial charge >= 0.3 is 12.1 Å². The number of imide groups is 1. The van der Waals surface area contributed by atoms with E-state index in [1.165, 1.54) is 7.11 Å². The highest BCUT2D eigenvalue weighted by atomic mass is 16.5. The van der Waals surface area contributed by atoms with Gasteiger partial charge in [0.2, 0.25) is 0 Å². The number of nitrogens with zero attached hydrogens (tertiary/aromatic N) is 2. The van der Waals surface area contributed by atoms with Crippen LogP contribution in [0.1, 0.15) is 40.5 Å². The first kappa shape index (κ1) is 20.8. The number of nitrogens with one attached hydrogen (secondary N) is 1. The van der Waals surface area contributed by atoms with E-state index in [1.807, 2.05) is 4.90 Å². The highest BCUT2D eigenvalue weighted by Crippen LogP contribution is 2.24. The van der Waals surface area contributed by atoms with Crippen LogP contribution >= 0.6 is 0 Å². The van der Waals surface area contributed by atoms with Crippen molar-refractivity contribution in [2.24, 2.45) is 0 Å². The van der Waals surface area contributed by atoms with Crippen molar-refractivity contribution in [2.45, 2.75) is 31.8 Å². The predicted octanol–water partition coefficient (Wildman–Crippen LogP) is 1.03. The maximum absolute atomic E-state index is 12.7. The molecule has 0 spiro atoms. The third-order valence-corrected chi connectivity index (χ3v) is 5.20. The number of carbonyl (C=O) groups excluding carboxylic acids is 4. The van der Waals surface area contributed by atoms with E-state index in [9.17, 15) is 19.2 Å². The second kappa shape index (κ2) is 9.04. The molecule has 2 heterocycles. The van der Waals surface area contributed by atoms with Crippen LogP contribution in [0.3, 0.4) is 0 Å². The normalized spacial score (nSPS) is 20.2. The molecule has 0 unspecified atom stereocenters. The molecule has 1 saturated heterocycles. The zero-order valence-corrected chi connectivity index (χ0v) is 16.6. The third-order valence-electron chi connectivity index (χ3n) is 5.20. The van der Waals surface area contributed by atoms with E-state index in [1.54, 1.807) is 31.2 Å². The summed E-state index contributed by atoms with van der Waals surface area (Å²) in [5, 5.41) is 2.78. The van der Waals surface area contributed by atoms with Crippen LogP contribution in [0.15, 0.2) is 24.3 Å². The van der Waals surface area contributed by atoms with E-state index in [0.29, 0.717) is 24.2 Å². The number of alkyl carbamates (subject to hydrolysis) is 1. The lowest BCUT2D eigenvalue weighted by molar-refractivity contribution is -0.147. The fourth-order valence-corrected chi connectivity index (χ4v) is 3.80. The van der Waals surface area contributed by atoms with E-state index < -0.39 is 29.9 Å². The molecule has 0 aromatic heterocycles. The fraction of sp³-hybridized carbons (Fsp3) is 0.500. The van der Waals surface area contributed by atoms with Crippen LogP contribution in [0.4, 0.5) is 4.79 Å². The van der Waals surface area contributed by atoms with Crippen molar-refractivity contribution < 1.29 is 28.7 Å². The summed E-state index contributed by atoms with van der Waals surface area (Å²) in [5.41, 5.74) is 0.670. The molecule has 2 aliphatic rings. The van der Waals surface area contributed by atoms with Crippen molar-refractivity contribution in [1.29, 1.82) is 0 Å². The molecule has 9 heteroatoms. The Morgan fingerprint density at radius 1 is 1.21 bits per heavy atom. The van der Waals surface area contributed by atoms with E-state index in [2.05, 4.69) is 5.32 Å². The van der Waals surface area contributed by atoms with E-state index >= 15 is 0 Å². The number of amides is 3. The molecule has 156 valence electrons. The van der Waals surface area contributed by atoms with Gasteiger partial charge in [0.05, 0.1) is 31.4 Å². The zero-order valence-electron chi connectivity index (χ0n) is 16.6. The van der Waals surface area contributed by atoms with Gasteiger partial charge in [0.15, 0.2) is 0 Å². The van der Waals surface area contributed by atoms with Crippen LogP contribution < -0.4 is 5.32 Å². The molecule has 0 saturated carbocycles. The molecular formula is C20H25N3O6. The number of methoxy groups -OCH3 is 1. The van der Waals surface area contributed by atoms with Gasteiger partial charge < -0.3 is 14.8 Å². The Morgan fingerprint density at radius 3 is 2.45 bits per heavy atom. The monoisotopic (exact) mass is 403 g/mol. The number of likely N-dealkylation sites (tertiary alicyclic amines) is 1. The molecule has 0 radical (unpaired) electrons. The Bertz CT molecular complexity index is 776. The van der Waals surface area contributed by atoms with Gasteiger partial charge in [0.25, 0.3) is 11.8 Å². The van der Waals surface area contributed by atoms with E-state index in [4.69, 9.17) is 9.47 Å². The van der Waals surface area contributed by atoms with Gasteiger partial charge in [0.1, 0.15) is 6.04 Å². The van der Waals surface area contributed by atoms with Crippen LogP contribution in [-0.2, 0) is 14.3 Å². The van der Waals surface area contributed by atoms with Crippen molar-refractivity contribution in [1.82, 2.24) is 15.1 Å². The molecule has 29 heavy (non-hydrogen) atoms. The number of rotatable bonds is 6. The van der Waals surface area contributed by atoms with Gasteiger partial charge in [-0.25, -0.2) is 4.79 Å². The van der Waals surface area contributed by atoms with Gasteiger partial charge in [-0.1, -0.05) is 12.1 Å². The largest absolute Gasteiger partial charge is 0.468 e. The van der Waals surface area contributed by atoms with Crippen LogP contribution in [-0.4, -0.2) is 79.1 Å². The Labute approximate surface area is 168 Å². The van der Waals surface area contributed by atoms with Crippen molar-refractivity contribution in [3.63, 3.8) is 0 Å². The Balaban J connectivity index is 1.74. The Morgan fingerprint density at radius 2 is 1.86 bits per heavy atom. The Hall–Kier alpha value is -2.94. The lowest BCUT2D eigenvalue weighted by Crippen LogP contribution is -2.57. The summed E-state index contributed by atoms with van der Waals surface area (Å²) < 4.78 is 9.86. The van der Waals surface area contributed by atoms with Crippen LogP contribution in [0.25, 0.3) is 0 Å². The minimum absolute atomic E-state index is 0.106. The maximum atomic E-state index is 12.7. The van der Waals surface area contributed by atoms with E-state index in [0.717, 1.165) is 17.7 Å². The average Bonchev–Trinajstić information content (AvgIpc) is 2.96. The summed E-state index contributed by atoms with van der Waals surface area (Å²) >= 11 is 0. The number of piperidine rings is 1. The van der Waals surface area contributed by atoms with Crippen molar-refractivity contribution in [3.05, 3.63) is 35.4 Å². The molecule has 1 aromatic rings. The fourth-order valence-electron chi connectivity index (χ4n) is 3.80. The maximum Gasteiger partial charge on any atom is 0.407 e. The highest BCUT2D eigenvalue weighted by molar-refractivity contribution is 6.21. The zero-order chi connectivity index (χ0) is 21.0. The lowest BCUT2D eigenvalue weighted by atomic mass is 10.0. The first-order valence-electron chi connectivity index (χ1n) is 9.66. The minimum atomic E-state index is -0.811. The van der Waals surface area contributed by atoms with Gasteiger partial charge in [-0.2, -0.15) is 0 Å². The molecule has 1 fully saturated rings. The van der Waals surface area contributed by atoms with E-state index in [-0.39, 0.29) is 19.2 Å². The second-order valence-corrected chi connectivity index (χ2v) is 7.00. The molecule has 0 aliphatic carbocycles. The van der Waals surface area contributed by atoms with Crippen molar-refractivity contribution in [2.75, 3.05) is 33.4 Å². The molecule has 0 bridgehead atoms. The SMILES string of the molecule is CCOC(=O)N[C@H]1CCCN([C@@H](CN2C(=O)c3ccccc3C2=O)C(=O)OC)C1. The van der Waals surface area contributed by atoms with Gasteiger partial charge in [-0.15, -0.1) is 0 Å². The van der Waals surface area contributed by atoms with Gasteiger partial charge in [-0.05, 0) is 38.4 Å². The number of fused-ring (bicyclic) bond motifs is 1. The smallest absolute Gasteiger partial charge is 0.407 e. The van der Waals surface area contributed by atoms with Crippen molar-refractivity contribution >= 4 is 23.9 Å². The summed E-state index contributed by atoms with van der Waals surface area (Å²) in [6.45, 7) is 2.87. The lowest BCUT2D eigenvalue weighted by Gasteiger charge is -2.37. The minimum Gasteiger partial charge on any atom is -0.468 e. The molecule has 3 rings (SSSR count). The molecule has 2 atom stereocenters. The quantitative estimate of drug-likeness (QED) is 0.559. The predicted molar refractivity (Wildman–Crippen MR) is 102 cm³/mol. The Kier molecular flexibility index (Phi) is 6.48. The number of ether oxygens (including phenoxy) is 2. The second-order valence-electron chi connectivity index (χ2n) is 7.00. The van der Waals surface area contributed by atoms with Gasteiger partial charge in [0, 0.05) is 12.6 Å². The summed E-state index contributed by atoms with van der Waals surface area (Å²) in [6, 6.07) is 5.58. The molecular weight excluding hydrogens is 378 g/mol. The number of hydrogen-bond donors (Lipinski definition) is 1. The first-order valence-corrected chi connectivity index (χ1v) is 9.66. The summed E-state index contributed by atoms with van der Waals surface area (Å²) in [4.78, 5) is 52.5. The standard InChI is InChI=1S/C20H25N3O6/c1-3-29-20(27)21-13-7-6-10-22(11-13)16(19(26)28-2)12-23-17(24)14-8-4-5-9-15(14)18(23)25/h4-5,8-9,13,16H,3,6-7,10-12H2,1-2H3,(H,21,27)/t13-,16-/m0/s1. The topological polar surface area (TPSA) is 105 Å². The average molecular weight is 403 g/mol. The summed E-state index contributed by atoms with van der Waals surface area (Å²) in [7, 11) is 1.27. The number of benzene rings is 1. The number of hydrogen-bond acceptors (Lipinski definition) is 7. The van der Waals surface area contributed by atoms with Gasteiger partial charge in [-0.3, -0.25) is 24.2 Å². The molecule has 3 amide bonds. The molecule has 1 N–H and O–H groups in total. The number of esters is 1. The van der Waals surface area contributed by atoms with Crippen LogP contribution in [0.5, 0.6) is 0 Å². The first-order chi connectivity index (χ1) is 14.0. The van der Waals surface area contributed by atoms with Crippen LogP contribution in [0.2, 0.25) is 0 Å². The molecule has 2 aliphatic heterocycles. The summed E-state index contributed by atoms with van der Waals surface area (Å²) in [6.07, 6.45) is 0.984. The molecule has 1 aromatic carbocycles. The van der Waals surface area contributed by atoms with Crippen LogP contribution in [0, 0.1) is 0 Å². The van der Waals surface area contributed by atoms with Crippen molar-refractivity contribution in [3.8, 4) is 0 Å².